The zero-order chi connectivity index (χ0) is 22.6. The van der Waals surface area contributed by atoms with E-state index in [0.29, 0.717) is 35.8 Å². The van der Waals surface area contributed by atoms with Crippen molar-refractivity contribution < 1.29 is 14.3 Å². The van der Waals surface area contributed by atoms with Gasteiger partial charge < -0.3 is 5.11 Å². The first-order chi connectivity index (χ1) is 16.0. The van der Waals surface area contributed by atoms with Crippen molar-refractivity contribution in [3.05, 3.63) is 83.3 Å². The van der Waals surface area contributed by atoms with E-state index in [0.717, 1.165) is 34.4 Å². The fraction of sp³-hybridized carbons (Fsp3) is 0.296. The van der Waals surface area contributed by atoms with Crippen LogP contribution in [0.5, 0.6) is 0 Å². The van der Waals surface area contributed by atoms with Gasteiger partial charge in [0.1, 0.15) is 21.2 Å². The number of hydrogen-bond acceptors (Lipinski definition) is 4. The highest BCUT2D eigenvalue weighted by Gasteiger charge is 2.47. The third kappa shape index (κ3) is 3.62. The molecule has 2 heterocycles. The van der Waals surface area contributed by atoms with Crippen LogP contribution in [0.1, 0.15) is 42.5 Å². The Hall–Kier alpha value is -3.12. The van der Waals surface area contributed by atoms with Crippen LogP contribution in [0.4, 0.5) is 4.39 Å². The first kappa shape index (κ1) is 20.5. The van der Waals surface area contributed by atoms with Gasteiger partial charge in [-0.15, -0.1) is 0 Å². The number of hydrogen-bond donors (Lipinski definition) is 1. The Morgan fingerprint density at radius 3 is 2.55 bits per heavy atom. The molecule has 6 rings (SSSR count). The molecular formula is C27H23FN2O2S. The SMILES string of the molecule is O=C(O)[C@H]1C[C@@H](Cc2ccc(-c3nc4ccc(C5(c6ccccc6)CC5)nc4s3)c(F)c2)C1. The number of benzene rings is 2. The molecule has 0 aliphatic heterocycles. The van der Waals surface area contributed by atoms with Gasteiger partial charge in [-0.3, -0.25) is 4.79 Å². The summed E-state index contributed by atoms with van der Waals surface area (Å²) in [4.78, 5) is 21.4. The molecule has 6 heteroatoms. The molecule has 2 saturated carbocycles. The molecule has 33 heavy (non-hydrogen) atoms. The highest BCUT2D eigenvalue weighted by Crippen LogP contribution is 2.53. The summed E-state index contributed by atoms with van der Waals surface area (Å²) in [6, 6.07) is 19.9. The molecule has 0 amide bonds. The summed E-state index contributed by atoms with van der Waals surface area (Å²) in [5, 5.41) is 9.67. The van der Waals surface area contributed by atoms with Crippen LogP contribution in [0.3, 0.4) is 0 Å². The van der Waals surface area contributed by atoms with Crippen LogP contribution in [0.15, 0.2) is 60.7 Å². The second kappa shape index (κ2) is 7.73. The standard InChI is InChI=1S/C27H23FN2O2S/c28-21-15-16(12-17-13-18(14-17)26(31)32)6-7-20(21)24-29-22-8-9-23(30-25(22)33-24)27(10-11-27)19-4-2-1-3-5-19/h1-9,15,17-18H,10-14H2,(H,31,32)/t17-,18+. The maximum atomic E-state index is 15.0. The largest absolute Gasteiger partial charge is 0.481 e. The predicted molar refractivity (Wildman–Crippen MR) is 127 cm³/mol. The van der Waals surface area contributed by atoms with Gasteiger partial charge in [0.25, 0.3) is 0 Å². The van der Waals surface area contributed by atoms with E-state index in [-0.39, 0.29) is 17.2 Å². The Morgan fingerprint density at radius 1 is 1.06 bits per heavy atom. The van der Waals surface area contributed by atoms with Gasteiger partial charge in [-0.05, 0) is 73.4 Å². The summed E-state index contributed by atoms with van der Waals surface area (Å²) in [6.07, 6.45) is 4.24. The number of rotatable bonds is 6. The first-order valence-corrected chi connectivity index (χ1v) is 12.2. The minimum Gasteiger partial charge on any atom is -0.481 e. The number of nitrogens with zero attached hydrogens (tertiary/aromatic N) is 2. The first-order valence-electron chi connectivity index (χ1n) is 11.4. The number of halogens is 1. The van der Waals surface area contributed by atoms with Gasteiger partial charge in [-0.25, -0.2) is 14.4 Å². The van der Waals surface area contributed by atoms with Crippen molar-refractivity contribution in [1.29, 1.82) is 0 Å². The van der Waals surface area contributed by atoms with Gasteiger partial charge in [-0.1, -0.05) is 47.7 Å². The third-order valence-corrected chi connectivity index (χ3v) is 8.19. The lowest BCUT2D eigenvalue weighted by molar-refractivity contribution is -0.146. The molecule has 2 fully saturated rings. The van der Waals surface area contributed by atoms with E-state index in [4.69, 9.17) is 10.1 Å². The van der Waals surface area contributed by atoms with Gasteiger partial charge in [0.05, 0.1) is 11.6 Å². The normalized spacial score (nSPS) is 21.0. The molecule has 4 nitrogen and oxygen atoms in total. The van der Waals surface area contributed by atoms with Gasteiger partial charge in [-0.2, -0.15) is 0 Å². The quantitative estimate of drug-likeness (QED) is 0.372. The lowest BCUT2D eigenvalue weighted by atomic mass is 9.72. The maximum Gasteiger partial charge on any atom is 0.306 e. The van der Waals surface area contributed by atoms with Crippen molar-refractivity contribution in [1.82, 2.24) is 9.97 Å². The third-order valence-electron chi connectivity index (χ3n) is 7.20. The summed E-state index contributed by atoms with van der Waals surface area (Å²) >= 11 is 1.43. The molecule has 2 aliphatic carbocycles. The highest BCUT2D eigenvalue weighted by molar-refractivity contribution is 7.21. The van der Waals surface area contributed by atoms with E-state index in [1.54, 1.807) is 12.1 Å². The molecule has 2 aromatic heterocycles. The second-order valence-electron chi connectivity index (χ2n) is 9.38. The van der Waals surface area contributed by atoms with Crippen molar-refractivity contribution >= 4 is 27.7 Å². The summed E-state index contributed by atoms with van der Waals surface area (Å²) in [7, 11) is 0. The average molecular weight is 459 g/mol. The minimum absolute atomic E-state index is 0.00628. The van der Waals surface area contributed by atoms with Crippen molar-refractivity contribution in [2.45, 2.75) is 37.5 Å². The van der Waals surface area contributed by atoms with E-state index in [1.165, 1.54) is 16.9 Å². The lowest BCUT2D eigenvalue weighted by Gasteiger charge is -2.32. The topological polar surface area (TPSA) is 63.1 Å². The fourth-order valence-electron chi connectivity index (χ4n) is 5.07. The van der Waals surface area contributed by atoms with Crippen LogP contribution < -0.4 is 0 Å². The van der Waals surface area contributed by atoms with E-state index in [1.807, 2.05) is 18.2 Å². The molecule has 0 saturated heterocycles. The van der Waals surface area contributed by atoms with Gasteiger partial charge >= 0.3 is 5.97 Å². The van der Waals surface area contributed by atoms with Gasteiger partial charge in [0.2, 0.25) is 0 Å². The van der Waals surface area contributed by atoms with Crippen LogP contribution in [0.2, 0.25) is 0 Å². The Balaban J connectivity index is 1.25. The summed E-state index contributed by atoms with van der Waals surface area (Å²) in [6.45, 7) is 0. The maximum absolute atomic E-state index is 15.0. The number of aromatic nitrogens is 2. The zero-order valence-corrected chi connectivity index (χ0v) is 18.8. The molecular weight excluding hydrogens is 435 g/mol. The molecule has 166 valence electrons. The smallest absolute Gasteiger partial charge is 0.306 e. The summed E-state index contributed by atoms with van der Waals surface area (Å²) in [5.74, 6) is -0.933. The molecule has 0 atom stereocenters. The molecule has 0 unspecified atom stereocenters. The Morgan fingerprint density at radius 2 is 1.85 bits per heavy atom. The zero-order valence-electron chi connectivity index (χ0n) is 18.0. The molecule has 0 radical (unpaired) electrons. The van der Waals surface area contributed by atoms with Gasteiger partial charge in [0, 0.05) is 11.0 Å². The van der Waals surface area contributed by atoms with Crippen LogP contribution >= 0.6 is 11.3 Å². The fourth-order valence-corrected chi connectivity index (χ4v) is 6.03. The van der Waals surface area contributed by atoms with Crippen molar-refractivity contribution in [3.8, 4) is 10.6 Å². The van der Waals surface area contributed by atoms with E-state index in [9.17, 15) is 9.18 Å². The number of thiazole rings is 1. The molecule has 1 N–H and O–H groups in total. The van der Waals surface area contributed by atoms with Crippen molar-refractivity contribution in [2.24, 2.45) is 11.8 Å². The molecule has 4 aromatic rings. The van der Waals surface area contributed by atoms with Crippen LogP contribution in [-0.4, -0.2) is 21.0 Å². The van der Waals surface area contributed by atoms with Crippen molar-refractivity contribution in [2.75, 3.05) is 0 Å². The van der Waals surface area contributed by atoms with Crippen LogP contribution in [-0.2, 0) is 16.6 Å². The number of carbonyl (C=O) groups is 1. The summed E-state index contributed by atoms with van der Waals surface area (Å²) in [5.41, 5.74) is 4.54. The number of pyridine rings is 1. The monoisotopic (exact) mass is 458 g/mol. The average Bonchev–Trinajstić information content (AvgIpc) is 3.49. The lowest BCUT2D eigenvalue weighted by Crippen LogP contribution is -2.31. The summed E-state index contributed by atoms with van der Waals surface area (Å²) < 4.78 is 15.0. The van der Waals surface area contributed by atoms with Gasteiger partial charge in [0.15, 0.2) is 0 Å². The minimum atomic E-state index is -0.725. The van der Waals surface area contributed by atoms with Crippen LogP contribution in [0.25, 0.3) is 20.9 Å². The molecule has 0 spiro atoms. The Bertz CT molecular complexity index is 1360. The van der Waals surface area contributed by atoms with E-state index in [2.05, 4.69) is 35.3 Å². The predicted octanol–water partition coefficient (Wildman–Crippen LogP) is 6.23. The molecule has 0 bridgehead atoms. The van der Waals surface area contributed by atoms with Crippen molar-refractivity contribution in [3.63, 3.8) is 0 Å². The van der Waals surface area contributed by atoms with Crippen LogP contribution in [0, 0.1) is 17.7 Å². The molecule has 2 aromatic carbocycles. The number of fused-ring (bicyclic) bond motifs is 1. The number of carboxylic acid groups (broad SMARTS) is 1. The number of aliphatic carboxylic acids is 1. The second-order valence-corrected chi connectivity index (χ2v) is 10.4. The molecule has 2 aliphatic rings. The Kier molecular flexibility index (Phi) is 4.80. The van der Waals surface area contributed by atoms with E-state index >= 15 is 0 Å². The highest BCUT2D eigenvalue weighted by atomic mass is 32.1. The Labute approximate surface area is 195 Å². The van der Waals surface area contributed by atoms with E-state index < -0.39 is 5.97 Å². The number of carboxylic acids is 1.